The van der Waals surface area contributed by atoms with Gasteiger partial charge >= 0.3 is 6.18 Å². The van der Waals surface area contributed by atoms with Crippen molar-refractivity contribution in [1.29, 1.82) is 5.26 Å². The number of hydrogen-bond acceptors (Lipinski definition) is 1. The number of hydrogen-bond donors (Lipinski definition) is 0. The molecule has 7 heteroatoms. The van der Waals surface area contributed by atoms with Gasteiger partial charge in [-0.2, -0.15) is 18.4 Å². The average Bonchev–Trinajstić information content (AvgIpc) is 3.67. The largest absolute Gasteiger partial charge is 0.418 e. The van der Waals surface area contributed by atoms with Crippen LogP contribution in [0.15, 0.2) is 276 Å². The highest BCUT2D eigenvalue weighted by Crippen LogP contribution is 2.75. The Morgan fingerprint density at radius 3 is 0.968 bits per heavy atom. The number of halogens is 3. The third kappa shape index (κ3) is 6.62. The van der Waals surface area contributed by atoms with E-state index in [1.54, 1.807) is 4.57 Å². The molecule has 0 amide bonds. The van der Waals surface area contributed by atoms with E-state index >= 15 is 13.2 Å². The van der Waals surface area contributed by atoms with Crippen molar-refractivity contribution in [2.45, 2.75) is 45.3 Å². The molecule has 0 bridgehead atoms. The highest BCUT2D eigenvalue weighted by Gasteiger charge is 2.38. The van der Waals surface area contributed by atoms with Crippen LogP contribution in [0.4, 0.5) is 13.2 Å². The molecule has 9 aromatic carbocycles. The van der Waals surface area contributed by atoms with Crippen molar-refractivity contribution in [3.8, 4) is 11.8 Å². The van der Waals surface area contributed by atoms with Gasteiger partial charge in [-0.15, -0.1) is 20.1 Å². The van der Waals surface area contributed by atoms with Crippen molar-refractivity contribution in [1.82, 2.24) is 4.57 Å². The number of alkyl halides is 3. The monoisotopic (exact) mass is 860 g/mol. The van der Waals surface area contributed by atoms with Gasteiger partial charge < -0.3 is 4.57 Å². The molecule has 0 unspecified atom stereocenters. The molecule has 0 aliphatic carbocycles. The Bertz CT molecular complexity index is 2880. The summed E-state index contributed by atoms with van der Waals surface area (Å²) in [6.45, 7) is 0. The van der Waals surface area contributed by atoms with Gasteiger partial charge in [0.25, 0.3) is 0 Å². The first-order chi connectivity index (χ1) is 30.8. The summed E-state index contributed by atoms with van der Waals surface area (Å²) in [5.41, 5.74) is 0.290. The Labute approximate surface area is 367 Å². The van der Waals surface area contributed by atoms with Crippen LogP contribution >= 0.6 is 20.1 Å². The lowest BCUT2D eigenvalue weighted by molar-refractivity contribution is -0.137. The van der Waals surface area contributed by atoms with Crippen molar-refractivity contribution in [3.05, 3.63) is 248 Å². The number of aromatic nitrogens is 1. The van der Waals surface area contributed by atoms with Gasteiger partial charge in [0, 0.05) is 49.9 Å². The second-order valence-electron chi connectivity index (χ2n) is 15.1. The standard InChI is InChI=1S/C56H39F3N2S2/c57-56(58,59)52-37-41(40-60)31-34-55(52)61-53-35-32-48(62(42-19-7-1-8-20-42,43-21-9-2-10-22-43)44-23-11-3-12-24-44)38-50(53)51-39-49(33-36-54(51)61)63(45-25-13-4-14-26-45,46-27-15-5-16-28-46)47-29-17-6-18-30-47/h1-39H. The zero-order chi connectivity index (χ0) is 43.0. The lowest BCUT2D eigenvalue weighted by atomic mass is 10.1. The molecule has 0 radical (unpaired) electrons. The summed E-state index contributed by atoms with van der Waals surface area (Å²) in [6.07, 6.45) is -4.73. The molecule has 1 heterocycles. The van der Waals surface area contributed by atoms with Crippen LogP contribution < -0.4 is 0 Å². The molecule has 0 aliphatic rings. The van der Waals surface area contributed by atoms with Crippen molar-refractivity contribution in [2.24, 2.45) is 0 Å². The molecule has 0 saturated carbocycles. The minimum atomic E-state index is -4.73. The van der Waals surface area contributed by atoms with Crippen LogP contribution in [-0.2, 0) is 6.18 Å². The first-order valence-corrected chi connectivity index (χ1v) is 23.8. The number of nitrogens with zero attached hydrogens (tertiary/aromatic N) is 2. The van der Waals surface area contributed by atoms with Gasteiger partial charge in [0.1, 0.15) is 0 Å². The summed E-state index contributed by atoms with van der Waals surface area (Å²) in [4.78, 5) is 8.92. The Balaban J connectivity index is 1.37. The summed E-state index contributed by atoms with van der Waals surface area (Å²) in [5, 5.41) is 11.4. The molecule has 0 spiro atoms. The summed E-state index contributed by atoms with van der Waals surface area (Å²) in [6, 6.07) is 81.7. The molecule has 10 aromatic rings. The quantitative estimate of drug-likeness (QED) is 0.142. The van der Waals surface area contributed by atoms with Crippen molar-refractivity contribution in [3.63, 3.8) is 0 Å². The van der Waals surface area contributed by atoms with Gasteiger partial charge in [-0.25, -0.2) is 0 Å². The van der Waals surface area contributed by atoms with Gasteiger partial charge in [0.2, 0.25) is 0 Å². The summed E-state index contributed by atoms with van der Waals surface area (Å²) >= 11 is 0. The smallest absolute Gasteiger partial charge is 0.309 e. The molecule has 0 atom stereocenters. The molecule has 63 heavy (non-hydrogen) atoms. The number of fused-ring (bicyclic) bond motifs is 3. The van der Waals surface area contributed by atoms with E-state index in [1.807, 2.05) is 54.6 Å². The molecule has 0 saturated heterocycles. The Hall–Kier alpha value is -7.24. The zero-order valence-corrected chi connectivity index (χ0v) is 35.5. The molecule has 1 aromatic heterocycles. The fraction of sp³-hybridized carbons (Fsp3) is 0.0179. The van der Waals surface area contributed by atoms with Crippen LogP contribution in [-0.4, -0.2) is 4.57 Å². The molecular weight excluding hydrogens is 822 g/mol. The van der Waals surface area contributed by atoms with Crippen molar-refractivity contribution in [2.75, 3.05) is 0 Å². The first kappa shape index (κ1) is 39.9. The van der Waals surface area contributed by atoms with Crippen molar-refractivity contribution < 1.29 is 13.2 Å². The fourth-order valence-electron chi connectivity index (χ4n) is 9.03. The van der Waals surface area contributed by atoms with Crippen LogP contribution in [0.3, 0.4) is 0 Å². The normalized spacial score (nSPS) is 12.5. The van der Waals surface area contributed by atoms with E-state index in [0.29, 0.717) is 11.0 Å². The highest BCUT2D eigenvalue weighted by atomic mass is 32.3. The molecule has 10 rings (SSSR count). The molecule has 0 N–H and O–H groups in total. The van der Waals surface area contributed by atoms with Crippen LogP contribution in [0.2, 0.25) is 0 Å². The van der Waals surface area contributed by atoms with E-state index in [1.165, 1.54) is 12.1 Å². The van der Waals surface area contributed by atoms with Gasteiger partial charge in [0.15, 0.2) is 0 Å². The van der Waals surface area contributed by atoms with Crippen LogP contribution in [0.5, 0.6) is 0 Å². The lowest BCUT2D eigenvalue weighted by Gasteiger charge is -2.42. The molecular formula is C56H39F3N2S2. The number of rotatable bonds is 9. The minimum Gasteiger partial charge on any atom is -0.309 e. The third-order valence-electron chi connectivity index (χ3n) is 11.7. The van der Waals surface area contributed by atoms with Crippen molar-refractivity contribution >= 4 is 41.9 Å². The maximum Gasteiger partial charge on any atom is 0.418 e. The van der Waals surface area contributed by atoms with Gasteiger partial charge in [-0.3, -0.25) is 0 Å². The summed E-state index contributed by atoms with van der Waals surface area (Å²) in [5.74, 6) is 0. The Morgan fingerprint density at radius 1 is 0.365 bits per heavy atom. The Morgan fingerprint density at radius 2 is 0.683 bits per heavy atom. The molecule has 2 nitrogen and oxygen atoms in total. The predicted molar refractivity (Wildman–Crippen MR) is 250 cm³/mol. The maximum atomic E-state index is 15.2. The Kier molecular flexibility index (Phi) is 10.3. The second kappa shape index (κ2) is 16.2. The van der Waals surface area contributed by atoms with Gasteiger partial charge in [-0.05, 0) is 127 Å². The van der Waals surface area contributed by atoms with E-state index in [0.717, 1.165) is 56.0 Å². The second-order valence-corrected chi connectivity index (χ2v) is 21.4. The minimum absolute atomic E-state index is 0.0393. The van der Waals surface area contributed by atoms with Gasteiger partial charge in [-0.1, -0.05) is 109 Å². The fourth-order valence-corrected chi connectivity index (χ4v) is 16.8. The van der Waals surface area contributed by atoms with E-state index in [2.05, 4.69) is 170 Å². The third-order valence-corrected chi connectivity index (χ3v) is 19.5. The van der Waals surface area contributed by atoms with E-state index in [-0.39, 0.29) is 11.3 Å². The van der Waals surface area contributed by atoms with E-state index in [4.69, 9.17) is 0 Å². The topological polar surface area (TPSA) is 28.7 Å². The van der Waals surface area contributed by atoms with Crippen LogP contribution in [0, 0.1) is 11.3 Å². The molecule has 0 fully saturated rings. The lowest BCUT2D eigenvalue weighted by Crippen LogP contribution is -2.11. The predicted octanol–water partition coefficient (Wildman–Crippen LogP) is 16.4. The zero-order valence-electron chi connectivity index (χ0n) is 33.9. The number of nitriles is 1. The van der Waals surface area contributed by atoms with Gasteiger partial charge in [0.05, 0.1) is 33.9 Å². The van der Waals surface area contributed by atoms with E-state index < -0.39 is 31.8 Å². The number of benzene rings is 9. The first-order valence-electron chi connectivity index (χ1n) is 20.5. The SMILES string of the molecule is N#Cc1ccc(-n2c3ccc(S(c4ccccc4)(c4ccccc4)c4ccccc4)cc3c3cc(S(c4ccccc4)(c4ccccc4)c4ccccc4)ccc32)c(C(F)(F)F)c1. The molecule has 0 aliphatic heterocycles. The summed E-state index contributed by atoms with van der Waals surface area (Å²) in [7, 11) is -4.31. The highest BCUT2D eigenvalue weighted by molar-refractivity contribution is 8.34. The maximum absolute atomic E-state index is 15.2. The summed E-state index contributed by atoms with van der Waals surface area (Å²) < 4.78 is 47.4. The average molecular weight is 861 g/mol. The van der Waals surface area contributed by atoms with Crippen LogP contribution in [0.25, 0.3) is 27.5 Å². The molecule has 306 valence electrons. The van der Waals surface area contributed by atoms with Crippen LogP contribution in [0.1, 0.15) is 11.1 Å². The van der Waals surface area contributed by atoms with E-state index in [9.17, 15) is 5.26 Å².